The van der Waals surface area contributed by atoms with Crippen LogP contribution in [0.3, 0.4) is 0 Å². The van der Waals surface area contributed by atoms with E-state index in [1.165, 1.54) is 4.90 Å². The normalized spacial score (nSPS) is 29.2. The molecule has 1 amide bonds. The molecule has 0 spiro atoms. The minimum atomic E-state index is -3.25. The topological polar surface area (TPSA) is 75.7 Å². The summed E-state index contributed by atoms with van der Waals surface area (Å²) in [5.74, 6) is 1.10. The average Bonchev–Trinajstić information content (AvgIpc) is 2.47. The zero-order valence-corrected chi connectivity index (χ0v) is 12.6. The molecule has 2 aliphatic rings. The third-order valence-corrected chi connectivity index (χ3v) is 6.68. The fraction of sp³-hybridized carbons (Fsp3) is 0.909. The molecule has 0 radical (unpaired) electrons. The first-order valence-corrected chi connectivity index (χ1v) is 9.35. The summed E-state index contributed by atoms with van der Waals surface area (Å²) in [6.07, 6.45) is -0.550. The fourth-order valence-electron chi connectivity index (χ4n) is 2.23. The number of ether oxygens (including phenoxy) is 1. The number of morpholine rings is 1. The van der Waals surface area contributed by atoms with Crippen molar-refractivity contribution in [2.75, 3.05) is 43.5 Å². The quantitative estimate of drug-likeness (QED) is 0.744. The highest BCUT2D eigenvalue weighted by Gasteiger charge is 2.38. The lowest BCUT2D eigenvalue weighted by atomic mass is 10.2. The number of nitrogens with zero attached hydrogens (tertiary/aromatic N) is 1. The number of amides is 1. The highest BCUT2D eigenvalue weighted by Crippen LogP contribution is 2.22. The van der Waals surface area contributed by atoms with Crippen LogP contribution in [0.2, 0.25) is 0 Å². The maximum Gasteiger partial charge on any atom is 0.254 e. The monoisotopic (exact) mass is 308 g/mol. The van der Waals surface area contributed by atoms with Crippen molar-refractivity contribution in [1.29, 1.82) is 0 Å². The van der Waals surface area contributed by atoms with Gasteiger partial charge in [-0.3, -0.25) is 4.79 Å². The number of carbonyl (C=O) groups is 1. The predicted octanol–water partition coefficient (Wildman–Crippen LogP) is -0.689. The van der Waals surface area contributed by atoms with Gasteiger partial charge in [0.2, 0.25) is 0 Å². The summed E-state index contributed by atoms with van der Waals surface area (Å²) in [6, 6.07) is 0. The molecule has 2 saturated heterocycles. The minimum Gasteiger partial charge on any atom is -0.366 e. The number of hydrogen-bond acceptors (Lipinski definition) is 6. The van der Waals surface area contributed by atoms with Crippen LogP contribution in [0.25, 0.3) is 0 Å². The number of carbonyl (C=O) groups excluding carboxylic acids is 1. The molecule has 0 aliphatic carbocycles. The van der Waals surface area contributed by atoms with E-state index in [1.807, 2.05) is 0 Å². The van der Waals surface area contributed by atoms with Crippen LogP contribution >= 0.6 is 11.8 Å². The molecular weight excluding hydrogens is 288 g/mol. The lowest BCUT2D eigenvalue weighted by Crippen LogP contribution is -2.57. The molecule has 0 aromatic carbocycles. The van der Waals surface area contributed by atoms with Crippen molar-refractivity contribution in [3.05, 3.63) is 0 Å². The third kappa shape index (κ3) is 3.42. The highest BCUT2D eigenvalue weighted by molar-refractivity contribution is 8.01. The second-order valence-electron chi connectivity index (χ2n) is 4.58. The van der Waals surface area contributed by atoms with Gasteiger partial charge >= 0.3 is 0 Å². The Bertz CT molecular complexity index is 420. The maximum absolute atomic E-state index is 12.4. The Morgan fingerprint density at radius 3 is 2.95 bits per heavy atom. The molecule has 0 saturated carbocycles. The van der Waals surface area contributed by atoms with Crippen molar-refractivity contribution in [3.63, 3.8) is 0 Å². The van der Waals surface area contributed by atoms with E-state index < -0.39 is 21.3 Å². The van der Waals surface area contributed by atoms with Crippen LogP contribution in [0.15, 0.2) is 0 Å². The number of thioether (sulfide) groups is 1. The van der Waals surface area contributed by atoms with E-state index in [1.54, 1.807) is 18.7 Å². The van der Waals surface area contributed by atoms with Crippen LogP contribution in [0.4, 0.5) is 0 Å². The molecule has 2 atom stereocenters. The lowest BCUT2D eigenvalue weighted by Gasteiger charge is -2.37. The van der Waals surface area contributed by atoms with E-state index in [0.29, 0.717) is 25.4 Å². The molecule has 2 heterocycles. The maximum atomic E-state index is 12.4. The molecule has 8 heteroatoms. The SMILES string of the molecule is CCS(=O)(=O)C1CSCCN1C(=O)C1CNCCO1. The summed E-state index contributed by atoms with van der Waals surface area (Å²) in [6.45, 7) is 3.78. The van der Waals surface area contributed by atoms with Gasteiger partial charge in [0.25, 0.3) is 5.91 Å². The Kier molecular flexibility index (Phi) is 5.10. The summed E-state index contributed by atoms with van der Waals surface area (Å²) in [7, 11) is -3.25. The number of rotatable bonds is 3. The fourth-order valence-corrected chi connectivity index (χ4v) is 5.21. The smallest absolute Gasteiger partial charge is 0.254 e. The molecule has 110 valence electrons. The van der Waals surface area contributed by atoms with Gasteiger partial charge in [-0.2, -0.15) is 11.8 Å². The summed E-state index contributed by atoms with van der Waals surface area (Å²) in [4.78, 5) is 13.9. The van der Waals surface area contributed by atoms with Gasteiger partial charge in [0.1, 0.15) is 11.5 Å². The van der Waals surface area contributed by atoms with Crippen molar-refractivity contribution in [3.8, 4) is 0 Å². The van der Waals surface area contributed by atoms with E-state index in [9.17, 15) is 13.2 Å². The zero-order valence-electron chi connectivity index (χ0n) is 11.0. The Hall–Kier alpha value is -0.310. The Morgan fingerprint density at radius 1 is 1.53 bits per heavy atom. The largest absolute Gasteiger partial charge is 0.366 e. The van der Waals surface area contributed by atoms with Gasteiger partial charge in [-0.25, -0.2) is 8.42 Å². The zero-order chi connectivity index (χ0) is 13.9. The van der Waals surface area contributed by atoms with Gasteiger partial charge in [-0.15, -0.1) is 0 Å². The number of nitrogens with one attached hydrogen (secondary N) is 1. The van der Waals surface area contributed by atoms with Gasteiger partial charge in [0, 0.05) is 36.9 Å². The Morgan fingerprint density at radius 2 is 2.32 bits per heavy atom. The first-order chi connectivity index (χ1) is 9.06. The second-order valence-corrected chi connectivity index (χ2v) is 8.17. The van der Waals surface area contributed by atoms with E-state index in [2.05, 4.69) is 5.32 Å². The van der Waals surface area contributed by atoms with Gasteiger partial charge in [-0.1, -0.05) is 6.92 Å². The molecule has 6 nitrogen and oxygen atoms in total. The van der Waals surface area contributed by atoms with Crippen LogP contribution in [-0.4, -0.2) is 74.2 Å². The van der Waals surface area contributed by atoms with Crippen molar-refractivity contribution in [1.82, 2.24) is 10.2 Å². The second kappa shape index (κ2) is 6.43. The summed E-state index contributed by atoms with van der Waals surface area (Å²) in [5.41, 5.74) is 0. The molecular formula is C11H20N2O4S2. The molecule has 0 aromatic rings. The van der Waals surface area contributed by atoms with Gasteiger partial charge in [0.15, 0.2) is 9.84 Å². The Labute approximate surface area is 118 Å². The average molecular weight is 308 g/mol. The Balaban J connectivity index is 2.12. The summed E-state index contributed by atoms with van der Waals surface area (Å²) < 4.78 is 29.6. The summed E-state index contributed by atoms with van der Waals surface area (Å²) in [5, 5.41) is 2.40. The third-order valence-electron chi connectivity index (χ3n) is 3.39. The van der Waals surface area contributed by atoms with Crippen LogP contribution in [0.5, 0.6) is 0 Å². The van der Waals surface area contributed by atoms with E-state index >= 15 is 0 Å². The molecule has 1 N–H and O–H groups in total. The van der Waals surface area contributed by atoms with E-state index in [4.69, 9.17) is 4.74 Å². The molecule has 0 bridgehead atoms. The predicted molar refractivity (Wildman–Crippen MR) is 74.9 cm³/mol. The van der Waals surface area contributed by atoms with Crippen LogP contribution in [-0.2, 0) is 19.4 Å². The van der Waals surface area contributed by atoms with E-state index in [-0.39, 0.29) is 11.7 Å². The van der Waals surface area contributed by atoms with Gasteiger partial charge < -0.3 is 15.0 Å². The van der Waals surface area contributed by atoms with Crippen molar-refractivity contribution < 1.29 is 17.9 Å². The first kappa shape index (κ1) is 15.1. The molecule has 0 aromatic heterocycles. The van der Waals surface area contributed by atoms with E-state index in [0.717, 1.165) is 12.3 Å². The molecule has 2 rings (SSSR count). The van der Waals surface area contributed by atoms with Crippen molar-refractivity contribution in [2.45, 2.75) is 18.4 Å². The first-order valence-electron chi connectivity index (χ1n) is 6.48. The standard InChI is InChI=1S/C11H20N2O4S2/c1-2-19(15,16)10-8-18-6-4-13(10)11(14)9-7-12-3-5-17-9/h9-10,12H,2-8H2,1H3. The summed E-state index contributed by atoms with van der Waals surface area (Å²) >= 11 is 1.58. The highest BCUT2D eigenvalue weighted by atomic mass is 32.2. The van der Waals surface area contributed by atoms with Crippen LogP contribution in [0.1, 0.15) is 6.92 Å². The molecule has 2 aliphatic heterocycles. The van der Waals surface area contributed by atoms with Crippen molar-refractivity contribution >= 4 is 27.5 Å². The molecule has 2 unspecified atom stereocenters. The minimum absolute atomic E-state index is 0.0613. The van der Waals surface area contributed by atoms with Crippen molar-refractivity contribution in [2.24, 2.45) is 0 Å². The number of hydrogen-bond donors (Lipinski definition) is 1. The number of sulfone groups is 1. The van der Waals surface area contributed by atoms with Gasteiger partial charge in [-0.05, 0) is 0 Å². The molecule has 19 heavy (non-hydrogen) atoms. The lowest BCUT2D eigenvalue weighted by molar-refractivity contribution is -0.145. The van der Waals surface area contributed by atoms with Crippen LogP contribution in [0, 0.1) is 0 Å². The van der Waals surface area contributed by atoms with Crippen LogP contribution < -0.4 is 5.32 Å². The molecule has 2 fully saturated rings. The van der Waals surface area contributed by atoms with Gasteiger partial charge in [0.05, 0.1) is 6.61 Å².